The minimum atomic E-state index is -1.42. The molecule has 6 rings (SSSR count). The Hall–Kier alpha value is -4.86. The standard InChI is InChI=1S/C36H40N6O7S2/c1-21-17-37-31(23(3)33(21)45-5)19-50(43)35-39-27-9-7-25(15-29(27)41-35)48-13-11-47-12-14-49-26-8-10-28-30(16-26)42-36(40-28)51(44)20-32-24(4)34(46-6)22(2)18-38-32/h7-10,15-18H,11-14,19-20H2,1-6H3,(H,39,41)(H,40,42). The van der Waals surface area contributed by atoms with Gasteiger partial charge in [0.2, 0.25) is 0 Å². The van der Waals surface area contributed by atoms with E-state index in [-0.39, 0.29) is 11.5 Å². The Balaban J connectivity index is 0.944. The number of rotatable bonds is 16. The predicted octanol–water partition coefficient (Wildman–Crippen LogP) is 5.57. The maximum atomic E-state index is 13.1. The van der Waals surface area contributed by atoms with Crippen LogP contribution in [0.3, 0.4) is 0 Å². The van der Waals surface area contributed by atoms with E-state index in [1.807, 2.05) is 64.1 Å². The second-order valence-electron chi connectivity index (χ2n) is 11.8. The Labute approximate surface area is 300 Å². The van der Waals surface area contributed by atoms with Crippen molar-refractivity contribution in [2.75, 3.05) is 40.6 Å². The molecule has 2 N–H and O–H groups in total. The number of fused-ring (bicyclic) bond motifs is 2. The van der Waals surface area contributed by atoms with E-state index < -0.39 is 21.6 Å². The van der Waals surface area contributed by atoms with E-state index in [0.29, 0.717) is 70.7 Å². The van der Waals surface area contributed by atoms with Gasteiger partial charge in [-0.15, -0.1) is 0 Å². The average molecular weight is 733 g/mol. The van der Waals surface area contributed by atoms with Gasteiger partial charge < -0.3 is 33.7 Å². The number of hydrogen-bond donors (Lipinski definition) is 2. The highest BCUT2D eigenvalue weighted by molar-refractivity contribution is 7.84. The van der Waals surface area contributed by atoms with E-state index in [1.54, 1.807) is 26.6 Å². The number of aromatic nitrogens is 6. The second-order valence-corrected chi connectivity index (χ2v) is 14.6. The van der Waals surface area contributed by atoms with Crippen LogP contribution in [0.15, 0.2) is 59.1 Å². The summed E-state index contributed by atoms with van der Waals surface area (Å²) >= 11 is 0. The van der Waals surface area contributed by atoms with Crippen molar-refractivity contribution in [3.05, 3.63) is 82.4 Å². The molecule has 2 atom stereocenters. The molecule has 0 aliphatic heterocycles. The fraction of sp³-hybridized carbons (Fsp3) is 0.333. The van der Waals surface area contributed by atoms with E-state index in [9.17, 15) is 8.42 Å². The van der Waals surface area contributed by atoms with Crippen molar-refractivity contribution in [1.82, 2.24) is 29.9 Å². The van der Waals surface area contributed by atoms with E-state index in [4.69, 9.17) is 23.7 Å². The van der Waals surface area contributed by atoms with Crippen LogP contribution in [0.4, 0.5) is 0 Å². The molecule has 0 amide bonds. The van der Waals surface area contributed by atoms with Crippen LogP contribution >= 0.6 is 0 Å². The average Bonchev–Trinajstić information content (AvgIpc) is 3.75. The lowest BCUT2D eigenvalue weighted by Gasteiger charge is -2.11. The van der Waals surface area contributed by atoms with Gasteiger partial charge in [-0.25, -0.2) is 9.97 Å². The van der Waals surface area contributed by atoms with Crippen molar-refractivity contribution in [1.29, 1.82) is 0 Å². The first-order chi connectivity index (χ1) is 24.6. The van der Waals surface area contributed by atoms with Gasteiger partial charge in [-0.1, -0.05) is 0 Å². The van der Waals surface area contributed by atoms with Gasteiger partial charge in [-0.3, -0.25) is 18.4 Å². The number of aromatic amines is 2. The fourth-order valence-corrected chi connectivity index (χ4v) is 7.88. The van der Waals surface area contributed by atoms with Crippen molar-refractivity contribution in [3.63, 3.8) is 0 Å². The van der Waals surface area contributed by atoms with Crippen LogP contribution in [0.2, 0.25) is 0 Å². The van der Waals surface area contributed by atoms with Gasteiger partial charge in [-0.05, 0) is 52.0 Å². The molecule has 0 aliphatic rings. The van der Waals surface area contributed by atoms with Gasteiger partial charge >= 0.3 is 0 Å². The third-order valence-electron chi connectivity index (χ3n) is 8.32. The summed E-state index contributed by atoms with van der Waals surface area (Å²) in [6.07, 6.45) is 3.46. The van der Waals surface area contributed by atoms with Crippen molar-refractivity contribution in [3.8, 4) is 23.0 Å². The van der Waals surface area contributed by atoms with E-state index in [1.165, 1.54) is 0 Å². The molecule has 0 bridgehead atoms. The number of aryl methyl sites for hydroxylation is 2. The molecule has 0 radical (unpaired) electrons. The fourth-order valence-electron chi connectivity index (χ4n) is 5.68. The first-order valence-electron chi connectivity index (χ1n) is 16.2. The van der Waals surface area contributed by atoms with Gasteiger partial charge in [0.05, 0.1) is 94.0 Å². The van der Waals surface area contributed by atoms with Gasteiger partial charge in [0.1, 0.15) is 36.2 Å². The zero-order chi connectivity index (χ0) is 36.1. The molecule has 4 aromatic heterocycles. The normalized spacial score (nSPS) is 12.7. The highest BCUT2D eigenvalue weighted by atomic mass is 32.2. The Morgan fingerprint density at radius 3 is 1.47 bits per heavy atom. The van der Waals surface area contributed by atoms with Gasteiger partial charge in [0.25, 0.3) is 0 Å². The smallest absolute Gasteiger partial charge is 0.197 e. The van der Waals surface area contributed by atoms with Gasteiger partial charge in [0.15, 0.2) is 10.3 Å². The van der Waals surface area contributed by atoms with Crippen LogP contribution in [-0.4, -0.2) is 79.0 Å². The van der Waals surface area contributed by atoms with E-state index >= 15 is 0 Å². The van der Waals surface area contributed by atoms with Crippen LogP contribution in [0.25, 0.3) is 22.1 Å². The first-order valence-corrected chi connectivity index (χ1v) is 18.9. The molecule has 0 saturated carbocycles. The summed E-state index contributed by atoms with van der Waals surface area (Å²) in [5.41, 5.74) is 7.85. The molecule has 0 saturated heterocycles. The number of imidazole rings is 2. The van der Waals surface area contributed by atoms with Gasteiger partial charge in [-0.2, -0.15) is 0 Å². The Morgan fingerprint density at radius 2 is 1.06 bits per heavy atom. The summed E-state index contributed by atoms with van der Waals surface area (Å²) in [6, 6.07) is 10.9. The summed E-state index contributed by atoms with van der Waals surface area (Å²) in [6.45, 7) is 9.09. The molecule has 2 aromatic carbocycles. The minimum absolute atomic E-state index is 0.219. The van der Waals surface area contributed by atoms with Crippen LogP contribution in [0, 0.1) is 27.7 Å². The van der Waals surface area contributed by atoms with E-state index in [2.05, 4.69) is 29.9 Å². The molecule has 0 aliphatic carbocycles. The summed E-state index contributed by atoms with van der Waals surface area (Å²) < 4.78 is 54.6. The van der Waals surface area contributed by atoms with Crippen LogP contribution in [-0.2, 0) is 37.8 Å². The highest BCUT2D eigenvalue weighted by Gasteiger charge is 2.18. The Morgan fingerprint density at radius 1 is 0.627 bits per heavy atom. The number of methoxy groups -OCH3 is 2. The summed E-state index contributed by atoms with van der Waals surface area (Å²) in [5, 5.41) is 0.751. The lowest BCUT2D eigenvalue weighted by molar-refractivity contribution is 0.0765. The van der Waals surface area contributed by atoms with Crippen molar-refractivity contribution in [2.45, 2.75) is 49.5 Å². The predicted molar refractivity (Wildman–Crippen MR) is 195 cm³/mol. The molecule has 6 aromatic rings. The van der Waals surface area contributed by atoms with Crippen LogP contribution in [0.1, 0.15) is 33.6 Å². The van der Waals surface area contributed by atoms with Crippen LogP contribution in [0.5, 0.6) is 23.0 Å². The third-order valence-corrected chi connectivity index (χ3v) is 10.6. The Bertz CT molecular complexity index is 2080. The number of H-pyrrole nitrogens is 2. The monoisotopic (exact) mass is 732 g/mol. The molecule has 268 valence electrons. The number of hydrogen-bond acceptors (Lipinski definition) is 11. The maximum Gasteiger partial charge on any atom is 0.197 e. The molecule has 0 fully saturated rings. The maximum absolute atomic E-state index is 13.1. The lowest BCUT2D eigenvalue weighted by atomic mass is 10.1. The number of ether oxygens (including phenoxy) is 5. The van der Waals surface area contributed by atoms with Crippen molar-refractivity contribution >= 4 is 43.7 Å². The minimum Gasteiger partial charge on any atom is -0.496 e. The zero-order valence-electron chi connectivity index (χ0n) is 29.3. The topological polar surface area (TPSA) is 163 Å². The summed E-state index contributed by atoms with van der Waals surface area (Å²) in [7, 11) is 0.392. The quantitative estimate of drug-likeness (QED) is 0.120. The first kappa shape index (κ1) is 35.9. The number of nitrogens with zero attached hydrogens (tertiary/aromatic N) is 4. The molecular formula is C36H40N6O7S2. The number of nitrogens with one attached hydrogen (secondary N) is 2. The van der Waals surface area contributed by atoms with Crippen molar-refractivity contribution in [2.24, 2.45) is 0 Å². The summed E-state index contributed by atoms with van der Waals surface area (Å²) in [4.78, 5) is 24.3. The van der Waals surface area contributed by atoms with Gasteiger partial charge in [0, 0.05) is 46.8 Å². The van der Waals surface area contributed by atoms with Crippen molar-refractivity contribution < 1.29 is 32.1 Å². The SMILES string of the molecule is COc1c(C)cnc(CS(=O)c2nc3ccc(OCCOCCOc4ccc5nc(S(=O)Cc6ncc(C)c(OC)c6C)[nH]c5c4)cc3[nH]2)c1C. The molecule has 15 heteroatoms. The molecular weight excluding hydrogens is 693 g/mol. The number of pyridine rings is 2. The second kappa shape index (κ2) is 16.0. The lowest BCUT2D eigenvalue weighted by Crippen LogP contribution is -2.12. The third kappa shape index (κ3) is 8.21. The molecule has 0 spiro atoms. The molecule has 2 unspecified atom stereocenters. The van der Waals surface area contributed by atoms with E-state index in [0.717, 1.165) is 44.8 Å². The number of benzene rings is 2. The van der Waals surface area contributed by atoms with Crippen LogP contribution < -0.4 is 18.9 Å². The zero-order valence-corrected chi connectivity index (χ0v) is 31.0. The Kier molecular flexibility index (Phi) is 11.3. The largest absolute Gasteiger partial charge is 0.496 e. The molecule has 51 heavy (non-hydrogen) atoms. The molecule has 13 nitrogen and oxygen atoms in total. The highest BCUT2D eigenvalue weighted by Crippen LogP contribution is 2.28. The summed E-state index contributed by atoms with van der Waals surface area (Å²) in [5.74, 6) is 3.23. The molecule has 4 heterocycles.